The molecular formula is C44H33NO. The Morgan fingerprint density at radius 2 is 1.13 bits per heavy atom. The average molecular weight is 592 g/mol. The van der Waals surface area contributed by atoms with Crippen molar-refractivity contribution < 1.29 is 4.74 Å². The molecule has 2 atom stereocenters. The largest absolute Gasteiger partial charge is 0.457 e. The van der Waals surface area contributed by atoms with Gasteiger partial charge in [-0.25, -0.2) is 0 Å². The molecule has 6 aromatic rings. The van der Waals surface area contributed by atoms with Crippen LogP contribution >= 0.6 is 0 Å². The first-order chi connectivity index (χ1) is 22.8. The molecule has 0 fully saturated rings. The maximum absolute atomic E-state index is 6.53. The summed E-state index contributed by atoms with van der Waals surface area (Å²) in [5.74, 6) is 2.09. The third-order valence-electron chi connectivity index (χ3n) is 10.2. The van der Waals surface area contributed by atoms with E-state index in [0.717, 1.165) is 29.2 Å². The fourth-order valence-electron chi connectivity index (χ4n) is 8.21. The zero-order valence-electron chi connectivity index (χ0n) is 25.7. The van der Waals surface area contributed by atoms with E-state index < -0.39 is 5.41 Å². The molecule has 9 rings (SSSR count). The molecule has 1 aliphatic carbocycles. The van der Waals surface area contributed by atoms with Gasteiger partial charge < -0.3 is 4.74 Å². The first-order valence-corrected chi connectivity index (χ1v) is 16.3. The molecule has 0 radical (unpaired) electrons. The van der Waals surface area contributed by atoms with E-state index in [4.69, 9.17) is 9.73 Å². The number of benzene rings is 6. The summed E-state index contributed by atoms with van der Waals surface area (Å²) in [4.78, 5) is 5.53. The molecule has 0 N–H and O–H groups in total. The summed E-state index contributed by atoms with van der Waals surface area (Å²) in [6.45, 7) is 2.30. The standard InChI is InChI=1S/C44H33NO/c1-2-32-34(29-15-5-3-6-16-29)28-40(30-17-7-4-8-18-30)45-43(32)31-25-26-37-35(27-31)33-19-9-10-20-36(33)44(37)38-21-11-13-23-41(38)46-42-24-14-12-22-39(42)44/h3-28,32,43H,2H2,1H3. The van der Waals surface area contributed by atoms with Crippen LogP contribution in [-0.2, 0) is 5.41 Å². The second-order valence-corrected chi connectivity index (χ2v) is 12.5. The van der Waals surface area contributed by atoms with Crippen LogP contribution in [0.5, 0.6) is 11.5 Å². The predicted molar refractivity (Wildman–Crippen MR) is 188 cm³/mol. The van der Waals surface area contributed by atoms with E-state index in [1.165, 1.54) is 50.1 Å². The highest BCUT2D eigenvalue weighted by atomic mass is 16.5. The Morgan fingerprint density at radius 3 is 1.80 bits per heavy atom. The summed E-state index contributed by atoms with van der Waals surface area (Å²) in [5.41, 5.74) is 13.1. The van der Waals surface area contributed by atoms with Crippen LogP contribution in [0, 0.1) is 5.92 Å². The van der Waals surface area contributed by atoms with Crippen LogP contribution in [0.4, 0.5) is 0 Å². The fourth-order valence-corrected chi connectivity index (χ4v) is 8.21. The third kappa shape index (κ3) is 3.86. The van der Waals surface area contributed by atoms with E-state index in [1.54, 1.807) is 0 Å². The number of dihydropyridines is 1. The van der Waals surface area contributed by atoms with Gasteiger partial charge in [0.25, 0.3) is 0 Å². The third-order valence-corrected chi connectivity index (χ3v) is 10.2. The Labute approximate surface area is 270 Å². The number of allylic oxidation sites excluding steroid dienone is 1. The van der Waals surface area contributed by atoms with Crippen molar-refractivity contribution in [3.05, 3.63) is 197 Å². The van der Waals surface area contributed by atoms with Crippen LogP contribution in [0.3, 0.4) is 0 Å². The predicted octanol–water partition coefficient (Wildman–Crippen LogP) is 10.8. The smallest absolute Gasteiger partial charge is 0.132 e. The molecule has 0 saturated heterocycles. The molecule has 2 aliphatic heterocycles. The molecule has 0 amide bonds. The Kier molecular flexibility index (Phi) is 6.18. The molecule has 0 bridgehead atoms. The minimum absolute atomic E-state index is 0.0105. The van der Waals surface area contributed by atoms with E-state index in [9.17, 15) is 0 Å². The van der Waals surface area contributed by atoms with Crippen molar-refractivity contribution in [2.75, 3.05) is 0 Å². The highest BCUT2D eigenvalue weighted by Gasteiger charge is 2.51. The van der Waals surface area contributed by atoms with Crippen molar-refractivity contribution in [2.45, 2.75) is 24.8 Å². The molecule has 3 aliphatic rings. The van der Waals surface area contributed by atoms with Crippen molar-refractivity contribution in [3.63, 3.8) is 0 Å². The summed E-state index contributed by atoms with van der Waals surface area (Å²) in [6.07, 6.45) is 3.32. The molecule has 2 heterocycles. The second kappa shape index (κ2) is 10.6. The molecule has 1 spiro atoms. The lowest BCUT2D eigenvalue weighted by Gasteiger charge is -2.39. The highest BCUT2D eigenvalue weighted by molar-refractivity contribution is 6.13. The van der Waals surface area contributed by atoms with E-state index in [-0.39, 0.29) is 12.0 Å². The van der Waals surface area contributed by atoms with Gasteiger partial charge in [-0.1, -0.05) is 140 Å². The van der Waals surface area contributed by atoms with Gasteiger partial charge in [0, 0.05) is 17.0 Å². The molecule has 0 saturated carbocycles. The quantitative estimate of drug-likeness (QED) is 0.199. The molecule has 46 heavy (non-hydrogen) atoms. The SMILES string of the molecule is CCC1C(c2ccccc2)=CC(c2ccccc2)=NC1c1ccc2c(c1)-c1ccccc1C21c2ccccc2Oc2ccccc21. The van der Waals surface area contributed by atoms with E-state index in [2.05, 4.69) is 165 Å². The van der Waals surface area contributed by atoms with Crippen molar-refractivity contribution in [3.8, 4) is 22.6 Å². The van der Waals surface area contributed by atoms with Gasteiger partial charge in [0.15, 0.2) is 0 Å². The van der Waals surface area contributed by atoms with Gasteiger partial charge in [-0.15, -0.1) is 0 Å². The maximum atomic E-state index is 6.53. The van der Waals surface area contributed by atoms with Crippen LogP contribution in [0.15, 0.2) is 163 Å². The normalized spacial score (nSPS) is 18.4. The summed E-state index contributed by atoms with van der Waals surface area (Å²) in [7, 11) is 0. The van der Waals surface area contributed by atoms with Gasteiger partial charge in [-0.2, -0.15) is 0 Å². The van der Waals surface area contributed by atoms with E-state index in [1.807, 2.05) is 0 Å². The van der Waals surface area contributed by atoms with E-state index in [0.29, 0.717) is 0 Å². The molecule has 2 unspecified atom stereocenters. The first-order valence-electron chi connectivity index (χ1n) is 16.3. The van der Waals surface area contributed by atoms with Crippen LogP contribution in [0.2, 0.25) is 0 Å². The number of rotatable bonds is 4. The number of ether oxygens (including phenoxy) is 1. The minimum Gasteiger partial charge on any atom is -0.457 e. The van der Waals surface area contributed by atoms with Gasteiger partial charge in [-0.05, 0) is 75.2 Å². The Balaban J connectivity index is 1.27. The Bertz CT molecular complexity index is 2130. The topological polar surface area (TPSA) is 21.6 Å². The summed E-state index contributed by atoms with van der Waals surface area (Å²) in [5, 5.41) is 0. The monoisotopic (exact) mass is 591 g/mol. The van der Waals surface area contributed by atoms with Gasteiger partial charge in [0.1, 0.15) is 11.5 Å². The lowest BCUT2D eigenvalue weighted by molar-refractivity contribution is 0.436. The molecule has 6 aromatic carbocycles. The minimum atomic E-state index is -0.458. The van der Waals surface area contributed by atoms with Crippen LogP contribution in [-0.4, -0.2) is 5.71 Å². The lowest BCUT2D eigenvalue weighted by Crippen LogP contribution is -2.32. The fraction of sp³-hybridized carbons (Fsp3) is 0.114. The molecular weight excluding hydrogens is 558 g/mol. The van der Waals surface area contributed by atoms with Crippen molar-refractivity contribution in [1.29, 1.82) is 0 Å². The van der Waals surface area contributed by atoms with E-state index >= 15 is 0 Å². The summed E-state index contributed by atoms with van der Waals surface area (Å²) >= 11 is 0. The summed E-state index contributed by atoms with van der Waals surface area (Å²) in [6, 6.07) is 54.7. The van der Waals surface area contributed by atoms with Crippen molar-refractivity contribution in [2.24, 2.45) is 10.9 Å². The summed E-state index contributed by atoms with van der Waals surface area (Å²) < 4.78 is 6.53. The number of hydrogen-bond acceptors (Lipinski definition) is 2. The van der Waals surface area contributed by atoms with Gasteiger partial charge in [0.2, 0.25) is 0 Å². The Morgan fingerprint density at radius 1 is 0.565 bits per heavy atom. The van der Waals surface area contributed by atoms with Gasteiger partial charge in [0.05, 0.1) is 17.2 Å². The highest BCUT2D eigenvalue weighted by Crippen LogP contribution is 2.62. The number of nitrogens with zero attached hydrogens (tertiary/aromatic N) is 1. The van der Waals surface area contributed by atoms with Gasteiger partial charge in [-0.3, -0.25) is 4.99 Å². The zero-order chi connectivity index (χ0) is 30.7. The molecule has 220 valence electrons. The van der Waals surface area contributed by atoms with Crippen molar-refractivity contribution >= 4 is 11.3 Å². The van der Waals surface area contributed by atoms with Crippen LogP contribution in [0.25, 0.3) is 16.7 Å². The average Bonchev–Trinajstić information content (AvgIpc) is 3.42. The number of para-hydroxylation sites is 2. The lowest BCUT2D eigenvalue weighted by atomic mass is 9.66. The number of hydrogen-bond donors (Lipinski definition) is 0. The van der Waals surface area contributed by atoms with Crippen molar-refractivity contribution in [1.82, 2.24) is 0 Å². The number of aliphatic imine (C=N–C) groups is 1. The van der Waals surface area contributed by atoms with Crippen LogP contribution < -0.4 is 4.74 Å². The molecule has 2 heteroatoms. The van der Waals surface area contributed by atoms with Crippen LogP contribution in [0.1, 0.15) is 58.3 Å². The molecule has 2 nitrogen and oxygen atoms in total. The Hall–Kier alpha value is -5.47. The maximum Gasteiger partial charge on any atom is 0.132 e. The molecule has 0 aromatic heterocycles. The second-order valence-electron chi connectivity index (χ2n) is 12.5. The number of fused-ring (bicyclic) bond motifs is 9. The first kappa shape index (κ1) is 26.9. The van der Waals surface area contributed by atoms with Gasteiger partial charge >= 0.3 is 0 Å². The zero-order valence-corrected chi connectivity index (χ0v) is 25.7.